The van der Waals surface area contributed by atoms with Gasteiger partial charge >= 0.3 is 0 Å². The van der Waals surface area contributed by atoms with E-state index in [-0.39, 0.29) is 6.04 Å². The summed E-state index contributed by atoms with van der Waals surface area (Å²) in [6, 6.07) is 11.2. The van der Waals surface area contributed by atoms with E-state index in [9.17, 15) is 0 Å². The largest absolute Gasteiger partial charge is 0.378 e. The molecular weight excluding hydrogens is 240 g/mol. The van der Waals surface area contributed by atoms with E-state index in [0.29, 0.717) is 0 Å². The second-order valence-corrected chi connectivity index (χ2v) is 5.76. The average molecular weight is 260 g/mol. The maximum atomic E-state index is 3.42. The third-order valence-electron chi connectivity index (χ3n) is 3.22. The van der Waals surface area contributed by atoms with Gasteiger partial charge in [0, 0.05) is 24.7 Å². The van der Waals surface area contributed by atoms with Crippen molar-refractivity contribution >= 4 is 17.0 Å². The van der Waals surface area contributed by atoms with Gasteiger partial charge in [-0.2, -0.15) is 0 Å². The number of aryl methyl sites for hydroxylation is 1. The van der Waals surface area contributed by atoms with E-state index < -0.39 is 0 Å². The fourth-order valence-corrected chi connectivity index (χ4v) is 2.92. The molecule has 0 aliphatic heterocycles. The van der Waals surface area contributed by atoms with Crippen LogP contribution < -0.4 is 10.2 Å². The summed E-state index contributed by atoms with van der Waals surface area (Å²) >= 11 is 1.80. The third-order valence-corrected chi connectivity index (χ3v) is 4.08. The van der Waals surface area contributed by atoms with Crippen molar-refractivity contribution in [3.8, 4) is 0 Å². The first-order valence-corrected chi connectivity index (χ1v) is 7.00. The van der Waals surface area contributed by atoms with Crippen LogP contribution in [-0.4, -0.2) is 21.1 Å². The summed E-state index contributed by atoms with van der Waals surface area (Å²) < 4.78 is 0. The summed E-state index contributed by atoms with van der Waals surface area (Å²) in [6.07, 6.45) is 0. The van der Waals surface area contributed by atoms with Gasteiger partial charge in [0.2, 0.25) is 0 Å². The van der Waals surface area contributed by atoms with Crippen molar-refractivity contribution < 1.29 is 0 Å². The Balaban J connectivity index is 2.39. The minimum Gasteiger partial charge on any atom is -0.378 e. The fraction of sp³-hybridized carbons (Fsp3) is 0.333. The van der Waals surface area contributed by atoms with Crippen LogP contribution in [-0.2, 0) is 0 Å². The summed E-state index contributed by atoms with van der Waals surface area (Å²) in [7, 11) is 6.16. The fourth-order valence-electron chi connectivity index (χ4n) is 2.18. The maximum Gasteiger partial charge on any atom is 0.0585 e. The Bertz CT molecular complexity index is 517. The van der Waals surface area contributed by atoms with E-state index >= 15 is 0 Å². The van der Waals surface area contributed by atoms with Gasteiger partial charge in [0.25, 0.3) is 0 Å². The molecule has 0 spiro atoms. The molecule has 1 aromatic heterocycles. The number of hydrogen-bond donors (Lipinski definition) is 1. The summed E-state index contributed by atoms with van der Waals surface area (Å²) in [5.41, 5.74) is 3.92. The lowest BCUT2D eigenvalue weighted by Crippen LogP contribution is -2.18. The number of rotatable bonds is 4. The van der Waals surface area contributed by atoms with Crippen LogP contribution >= 0.6 is 11.3 Å². The van der Waals surface area contributed by atoms with Crippen LogP contribution in [0.25, 0.3) is 0 Å². The molecule has 3 heteroatoms. The van der Waals surface area contributed by atoms with Gasteiger partial charge in [0.15, 0.2) is 0 Å². The Morgan fingerprint density at radius 3 is 2.56 bits per heavy atom. The van der Waals surface area contributed by atoms with Crippen molar-refractivity contribution in [3.05, 3.63) is 51.7 Å². The molecule has 2 nitrogen and oxygen atoms in total. The molecule has 2 rings (SSSR count). The SMILES string of the molecule is CNC(c1cccc(N(C)C)c1)c1ccsc1C. The van der Waals surface area contributed by atoms with Gasteiger partial charge in [0.05, 0.1) is 6.04 Å². The van der Waals surface area contributed by atoms with E-state index in [4.69, 9.17) is 0 Å². The Morgan fingerprint density at radius 2 is 2.00 bits per heavy atom. The second kappa shape index (κ2) is 5.55. The van der Waals surface area contributed by atoms with Gasteiger partial charge in [0.1, 0.15) is 0 Å². The quantitative estimate of drug-likeness (QED) is 0.906. The topological polar surface area (TPSA) is 15.3 Å². The van der Waals surface area contributed by atoms with Crippen LogP contribution in [0.1, 0.15) is 22.0 Å². The number of hydrogen-bond acceptors (Lipinski definition) is 3. The van der Waals surface area contributed by atoms with E-state index in [0.717, 1.165) is 0 Å². The summed E-state index contributed by atoms with van der Waals surface area (Å²) in [5, 5.41) is 5.57. The highest BCUT2D eigenvalue weighted by atomic mass is 32.1. The molecule has 1 unspecified atom stereocenters. The molecule has 0 bridgehead atoms. The number of benzene rings is 1. The van der Waals surface area contributed by atoms with Crippen LogP contribution in [0.15, 0.2) is 35.7 Å². The Labute approximate surface area is 113 Å². The molecular formula is C15H20N2S. The molecule has 0 saturated carbocycles. The maximum absolute atomic E-state index is 3.42. The van der Waals surface area contributed by atoms with E-state index in [1.165, 1.54) is 21.7 Å². The summed E-state index contributed by atoms with van der Waals surface area (Å²) in [5.74, 6) is 0. The van der Waals surface area contributed by atoms with Crippen molar-refractivity contribution in [1.29, 1.82) is 0 Å². The number of anilines is 1. The van der Waals surface area contributed by atoms with Crippen molar-refractivity contribution in [2.45, 2.75) is 13.0 Å². The van der Waals surface area contributed by atoms with Gasteiger partial charge < -0.3 is 10.2 Å². The first-order chi connectivity index (χ1) is 8.63. The van der Waals surface area contributed by atoms with Crippen molar-refractivity contribution in [2.24, 2.45) is 0 Å². The van der Waals surface area contributed by atoms with Crippen LogP contribution in [0.3, 0.4) is 0 Å². The normalized spacial score (nSPS) is 12.4. The number of nitrogens with one attached hydrogen (secondary N) is 1. The highest BCUT2D eigenvalue weighted by molar-refractivity contribution is 7.10. The second-order valence-electron chi connectivity index (χ2n) is 4.64. The first kappa shape index (κ1) is 13.1. The van der Waals surface area contributed by atoms with E-state index in [1.54, 1.807) is 11.3 Å². The van der Waals surface area contributed by atoms with Gasteiger partial charge in [-0.25, -0.2) is 0 Å². The average Bonchev–Trinajstić information content (AvgIpc) is 2.77. The monoisotopic (exact) mass is 260 g/mol. The lowest BCUT2D eigenvalue weighted by atomic mass is 9.99. The minimum absolute atomic E-state index is 0.274. The van der Waals surface area contributed by atoms with Gasteiger partial charge in [-0.3, -0.25) is 0 Å². The van der Waals surface area contributed by atoms with Crippen LogP contribution in [0.4, 0.5) is 5.69 Å². The third kappa shape index (κ3) is 2.57. The van der Waals surface area contributed by atoms with Crippen LogP contribution in [0.5, 0.6) is 0 Å². The zero-order valence-corrected chi connectivity index (χ0v) is 12.2. The molecule has 1 aromatic carbocycles. The molecule has 0 amide bonds. The predicted octanol–water partition coefficient (Wildman–Crippen LogP) is 3.43. The molecule has 96 valence electrons. The zero-order valence-electron chi connectivity index (χ0n) is 11.4. The van der Waals surface area contributed by atoms with Crippen molar-refractivity contribution in [1.82, 2.24) is 5.32 Å². The molecule has 0 aliphatic rings. The standard InChI is InChI=1S/C15H20N2S/c1-11-14(8-9-18-11)15(16-2)12-6-5-7-13(10-12)17(3)4/h5-10,15-16H,1-4H3. The van der Waals surface area contributed by atoms with Crippen molar-refractivity contribution in [2.75, 3.05) is 26.0 Å². The molecule has 2 aromatic rings. The molecule has 1 atom stereocenters. The van der Waals surface area contributed by atoms with Gasteiger partial charge in [-0.15, -0.1) is 11.3 Å². The number of nitrogens with zero attached hydrogens (tertiary/aromatic N) is 1. The molecule has 0 saturated heterocycles. The van der Waals surface area contributed by atoms with Crippen molar-refractivity contribution in [3.63, 3.8) is 0 Å². The first-order valence-electron chi connectivity index (χ1n) is 6.12. The lowest BCUT2D eigenvalue weighted by Gasteiger charge is -2.20. The minimum atomic E-state index is 0.274. The Hall–Kier alpha value is -1.32. The van der Waals surface area contributed by atoms with Gasteiger partial charge in [-0.1, -0.05) is 12.1 Å². The smallest absolute Gasteiger partial charge is 0.0585 e. The Kier molecular flexibility index (Phi) is 4.04. The van der Waals surface area contributed by atoms with E-state index in [2.05, 4.69) is 66.9 Å². The highest BCUT2D eigenvalue weighted by Crippen LogP contribution is 2.29. The highest BCUT2D eigenvalue weighted by Gasteiger charge is 2.15. The number of thiophene rings is 1. The summed E-state index contributed by atoms with van der Waals surface area (Å²) in [6.45, 7) is 2.18. The lowest BCUT2D eigenvalue weighted by molar-refractivity contribution is 0.691. The van der Waals surface area contributed by atoms with Crippen LogP contribution in [0, 0.1) is 6.92 Å². The zero-order chi connectivity index (χ0) is 13.1. The molecule has 0 fully saturated rings. The molecule has 18 heavy (non-hydrogen) atoms. The summed E-state index contributed by atoms with van der Waals surface area (Å²) in [4.78, 5) is 3.51. The molecule has 0 radical (unpaired) electrons. The molecule has 1 N–H and O–H groups in total. The Morgan fingerprint density at radius 1 is 1.22 bits per heavy atom. The predicted molar refractivity (Wildman–Crippen MR) is 80.7 cm³/mol. The molecule has 0 aliphatic carbocycles. The van der Waals surface area contributed by atoms with Gasteiger partial charge in [-0.05, 0) is 48.7 Å². The molecule has 1 heterocycles. The van der Waals surface area contributed by atoms with E-state index in [1.807, 2.05) is 7.05 Å². The van der Waals surface area contributed by atoms with Crippen LogP contribution in [0.2, 0.25) is 0 Å².